The third-order valence-corrected chi connectivity index (χ3v) is 4.67. The molecule has 1 amide bonds. The lowest BCUT2D eigenvalue weighted by atomic mass is 10.2. The molecule has 1 N–H and O–H groups in total. The molecule has 0 saturated carbocycles. The van der Waals surface area contributed by atoms with E-state index in [4.69, 9.17) is 4.74 Å². The maximum atomic E-state index is 12.9. The number of anilines is 1. The van der Waals surface area contributed by atoms with Crippen molar-refractivity contribution in [1.82, 2.24) is 9.97 Å². The summed E-state index contributed by atoms with van der Waals surface area (Å²) in [6, 6.07) is 8.59. The number of carbonyl (C=O) groups is 1. The highest BCUT2D eigenvalue weighted by molar-refractivity contribution is 7.14. The topological polar surface area (TPSA) is 75.5 Å². The Morgan fingerprint density at radius 3 is 2.54 bits per heavy atom. The number of nitrogens with zero attached hydrogens (tertiary/aromatic N) is 3. The number of aromatic nitrogens is 2. The fourth-order valence-corrected chi connectivity index (χ4v) is 3.19. The van der Waals surface area contributed by atoms with Crippen molar-refractivity contribution in [3.8, 4) is 17.1 Å². The zero-order valence-electron chi connectivity index (χ0n) is 14.5. The van der Waals surface area contributed by atoms with Gasteiger partial charge in [-0.3, -0.25) is 4.98 Å². The number of alkyl halides is 3. The zero-order chi connectivity index (χ0) is 20.3. The molecule has 0 spiro atoms. The molecule has 10 heteroatoms. The summed E-state index contributed by atoms with van der Waals surface area (Å²) < 4.78 is 43.7. The predicted molar refractivity (Wildman–Crippen MR) is 97.5 cm³/mol. The first-order chi connectivity index (χ1) is 13.3. The number of methoxy groups -OCH3 is 1. The van der Waals surface area contributed by atoms with E-state index in [2.05, 4.69) is 9.97 Å². The number of rotatable bonds is 5. The summed E-state index contributed by atoms with van der Waals surface area (Å²) in [7, 11) is 1.53. The molecule has 3 rings (SSSR count). The minimum Gasteiger partial charge on any atom is -0.497 e. The van der Waals surface area contributed by atoms with Crippen LogP contribution in [0.25, 0.3) is 11.4 Å². The molecule has 1 aromatic carbocycles. The molecule has 6 nitrogen and oxygen atoms in total. The van der Waals surface area contributed by atoms with E-state index in [-0.39, 0.29) is 23.1 Å². The molecular formula is C18H14F3N3O3S. The first-order valence-electron chi connectivity index (χ1n) is 7.90. The number of thiazole rings is 1. The van der Waals surface area contributed by atoms with Gasteiger partial charge in [0.2, 0.25) is 0 Å². The molecule has 0 saturated heterocycles. The van der Waals surface area contributed by atoms with Gasteiger partial charge in [-0.1, -0.05) is 12.1 Å². The van der Waals surface area contributed by atoms with Crippen LogP contribution in [0.5, 0.6) is 5.75 Å². The van der Waals surface area contributed by atoms with Gasteiger partial charge in [0.1, 0.15) is 11.4 Å². The summed E-state index contributed by atoms with van der Waals surface area (Å²) in [5, 5.41) is 11.1. The highest BCUT2D eigenvalue weighted by atomic mass is 32.1. The summed E-state index contributed by atoms with van der Waals surface area (Å²) in [6.45, 7) is 0.0301. The number of carboxylic acid groups (broad SMARTS) is 1. The number of benzene rings is 1. The van der Waals surface area contributed by atoms with Crippen molar-refractivity contribution in [1.29, 1.82) is 0 Å². The lowest BCUT2D eigenvalue weighted by molar-refractivity contribution is -0.137. The average Bonchev–Trinajstić information content (AvgIpc) is 3.15. The third kappa shape index (κ3) is 4.39. The maximum absolute atomic E-state index is 12.9. The molecule has 0 aliphatic carbocycles. The molecule has 0 atom stereocenters. The molecule has 28 heavy (non-hydrogen) atoms. The molecule has 0 radical (unpaired) electrons. The van der Waals surface area contributed by atoms with Crippen LogP contribution in [0.1, 0.15) is 11.1 Å². The second kappa shape index (κ2) is 7.85. The Morgan fingerprint density at radius 2 is 1.93 bits per heavy atom. The van der Waals surface area contributed by atoms with E-state index >= 15 is 0 Å². The van der Waals surface area contributed by atoms with Crippen LogP contribution in [0.15, 0.2) is 48.0 Å². The Balaban J connectivity index is 1.86. The van der Waals surface area contributed by atoms with Gasteiger partial charge in [0.15, 0.2) is 5.13 Å². The molecule has 0 fully saturated rings. The predicted octanol–water partition coefficient (Wildman–Crippen LogP) is 4.92. The van der Waals surface area contributed by atoms with E-state index in [1.54, 1.807) is 24.3 Å². The molecule has 0 aliphatic rings. The number of pyridine rings is 1. The third-order valence-electron chi connectivity index (χ3n) is 3.80. The van der Waals surface area contributed by atoms with Gasteiger partial charge in [-0.25, -0.2) is 14.7 Å². The largest absolute Gasteiger partial charge is 0.497 e. The van der Waals surface area contributed by atoms with Crippen LogP contribution in [0.3, 0.4) is 0 Å². The van der Waals surface area contributed by atoms with Crippen molar-refractivity contribution in [2.75, 3.05) is 12.0 Å². The molecule has 2 heterocycles. The zero-order valence-corrected chi connectivity index (χ0v) is 15.3. The van der Waals surface area contributed by atoms with Gasteiger partial charge in [0.25, 0.3) is 0 Å². The molecule has 0 unspecified atom stereocenters. The molecule has 0 aliphatic heterocycles. The Bertz CT molecular complexity index is 974. The van der Waals surface area contributed by atoms with Crippen LogP contribution in [-0.4, -0.2) is 28.3 Å². The van der Waals surface area contributed by atoms with E-state index in [0.717, 1.165) is 34.6 Å². The normalized spacial score (nSPS) is 11.3. The monoisotopic (exact) mass is 409 g/mol. The van der Waals surface area contributed by atoms with Crippen LogP contribution in [0.4, 0.5) is 23.1 Å². The number of hydrogen-bond acceptors (Lipinski definition) is 5. The first-order valence-corrected chi connectivity index (χ1v) is 8.78. The molecule has 146 valence electrons. The van der Waals surface area contributed by atoms with E-state index in [0.29, 0.717) is 11.3 Å². The van der Waals surface area contributed by atoms with Crippen LogP contribution in [-0.2, 0) is 12.7 Å². The van der Waals surface area contributed by atoms with Gasteiger partial charge >= 0.3 is 12.3 Å². The maximum Gasteiger partial charge on any atom is 0.416 e. The van der Waals surface area contributed by atoms with E-state index in [1.165, 1.54) is 12.5 Å². The van der Waals surface area contributed by atoms with Gasteiger partial charge < -0.3 is 9.84 Å². The van der Waals surface area contributed by atoms with Crippen molar-refractivity contribution < 1.29 is 27.8 Å². The standard InChI is InChI=1S/C18H14F3N3O3S/c1-27-13-4-2-11(3-5-13)9-24(17(25)26)16-23-15(10-28-16)14-8-12(6-7-22-14)18(19,20)21/h2-8,10H,9H2,1H3,(H,25,26). The number of halogens is 3. The van der Waals surface area contributed by atoms with Gasteiger partial charge in [-0.2, -0.15) is 13.2 Å². The Kier molecular flexibility index (Phi) is 5.50. The van der Waals surface area contributed by atoms with Crippen molar-refractivity contribution in [2.45, 2.75) is 12.7 Å². The Morgan fingerprint density at radius 1 is 1.21 bits per heavy atom. The highest BCUT2D eigenvalue weighted by Crippen LogP contribution is 2.33. The Hall–Kier alpha value is -3.14. The quantitative estimate of drug-likeness (QED) is 0.648. The van der Waals surface area contributed by atoms with E-state index in [1.807, 2.05) is 0 Å². The molecule has 0 bridgehead atoms. The molecule has 3 aromatic rings. The summed E-state index contributed by atoms with van der Waals surface area (Å²) in [5.41, 5.74) is 0.0525. The van der Waals surface area contributed by atoms with Gasteiger partial charge in [-0.15, -0.1) is 11.3 Å². The summed E-state index contributed by atoms with van der Waals surface area (Å²) in [5.74, 6) is 0.637. The summed E-state index contributed by atoms with van der Waals surface area (Å²) >= 11 is 1.01. The average molecular weight is 409 g/mol. The second-order valence-electron chi connectivity index (χ2n) is 5.66. The fourth-order valence-electron chi connectivity index (χ4n) is 2.38. The summed E-state index contributed by atoms with van der Waals surface area (Å²) in [6.07, 6.45) is -4.68. The lowest BCUT2D eigenvalue weighted by Crippen LogP contribution is -2.28. The van der Waals surface area contributed by atoms with Crippen LogP contribution in [0.2, 0.25) is 0 Å². The fraction of sp³-hybridized carbons (Fsp3) is 0.167. The Labute approximate surface area is 161 Å². The van der Waals surface area contributed by atoms with E-state index in [9.17, 15) is 23.1 Å². The van der Waals surface area contributed by atoms with Gasteiger partial charge in [-0.05, 0) is 29.8 Å². The van der Waals surface area contributed by atoms with Crippen molar-refractivity contribution in [2.24, 2.45) is 0 Å². The number of amides is 1. The van der Waals surface area contributed by atoms with Gasteiger partial charge in [0, 0.05) is 11.6 Å². The van der Waals surface area contributed by atoms with Crippen molar-refractivity contribution in [3.05, 3.63) is 59.1 Å². The second-order valence-corrected chi connectivity index (χ2v) is 6.50. The van der Waals surface area contributed by atoms with Crippen LogP contribution in [0, 0.1) is 0 Å². The summed E-state index contributed by atoms with van der Waals surface area (Å²) in [4.78, 5) is 20.8. The van der Waals surface area contributed by atoms with E-state index < -0.39 is 17.8 Å². The van der Waals surface area contributed by atoms with Crippen LogP contribution < -0.4 is 9.64 Å². The SMILES string of the molecule is COc1ccc(CN(C(=O)O)c2nc(-c3cc(C(F)(F)F)ccn3)cs2)cc1. The van der Waals surface area contributed by atoms with Crippen LogP contribution >= 0.6 is 11.3 Å². The minimum absolute atomic E-state index is 0.0205. The number of hydrogen-bond donors (Lipinski definition) is 1. The van der Waals surface area contributed by atoms with Crippen molar-refractivity contribution >= 4 is 22.6 Å². The highest BCUT2D eigenvalue weighted by Gasteiger charge is 2.31. The smallest absolute Gasteiger partial charge is 0.416 e. The molecular weight excluding hydrogens is 395 g/mol. The van der Waals surface area contributed by atoms with Gasteiger partial charge in [0.05, 0.1) is 24.9 Å². The molecule has 2 aromatic heterocycles. The van der Waals surface area contributed by atoms with Crippen molar-refractivity contribution in [3.63, 3.8) is 0 Å². The lowest BCUT2D eigenvalue weighted by Gasteiger charge is -2.16. The minimum atomic E-state index is -4.50. The first kappa shape index (κ1) is 19.6. The number of ether oxygens (including phenoxy) is 1.